The number of carbonyl (C=O) groups excluding carboxylic acids is 2. The summed E-state index contributed by atoms with van der Waals surface area (Å²) in [5, 5.41) is 10.1. The Balaban J connectivity index is 1.12. The smallest absolute Gasteiger partial charge is 0.254 e. The molecule has 1 saturated heterocycles. The van der Waals surface area contributed by atoms with Crippen LogP contribution < -0.4 is 5.32 Å². The Morgan fingerprint density at radius 3 is 2.64 bits per heavy atom. The number of H-pyrrole nitrogens is 1. The van der Waals surface area contributed by atoms with Gasteiger partial charge in [0, 0.05) is 80.2 Å². The van der Waals surface area contributed by atoms with Gasteiger partial charge in [-0.25, -0.2) is 14.4 Å². The Morgan fingerprint density at radius 1 is 1.07 bits per heavy atom. The summed E-state index contributed by atoms with van der Waals surface area (Å²) < 4.78 is 18.5. The van der Waals surface area contributed by atoms with E-state index >= 15 is 0 Å². The maximum atomic E-state index is 13.0. The van der Waals surface area contributed by atoms with Crippen molar-refractivity contribution in [1.29, 1.82) is 0 Å². The van der Waals surface area contributed by atoms with E-state index in [-0.39, 0.29) is 35.5 Å². The Labute approximate surface area is 256 Å². The molecule has 0 unspecified atom stereocenters. The van der Waals surface area contributed by atoms with Gasteiger partial charge in [0.05, 0.1) is 5.69 Å². The zero-order valence-electron chi connectivity index (χ0n) is 25.2. The highest BCUT2D eigenvalue weighted by molar-refractivity contribution is 5.94. The summed E-state index contributed by atoms with van der Waals surface area (Å²) in [5.41, 5.74) is 2.44. The molecule has 1 atom stereocenters. The normalized spacial score (nSPS) is 20.0. The second kappa shape index (κ2) is 14.9. The fourth-order valence-electron chi connectivity index (χ4n) is 5.59. The lowest BCUT2D eigenvalue weighted by atomic mass is 9.78. The van der Waals surface area contributed by atoms with Gasteiger partial charge in [0.2, 0.25) is 5.91 Å². The van der Waals surface area contributed by atoms with Crippen LogP contribution in [0.1, 0.15) is 55.0 Å². The first kappa shape index (κ1) is 31.1. The lowest BCUT2D eigenvalue weighted by Crippen LogP contribution is -2.60. The number of piperazine rings is 1. The van der Waals surface area contributed by atoms with Crippen molar-refractivity contribution in [2.75, 3.05) is 31.6 Å². The summed E-state index contributed by atoms with van der Waals surface area (Å²) in [6.45, 7) is 6.43. The Bertz CT molecular complexity index is 1480. The summed E-state index contributed by atoms with van der Waals surface area (Å²) in [6.07, 6.45) is 9.08. The van der Waals surface area contributed by atoms with E-state index in [1.165, 1.54) is 12.3 Å². The van der Waals surface area contributed by atoms with Gasteiger partial charge < -0.3 is 15.0 Å². The number of nitrogens with zero attached hydrogens (tertiary/aromatic N) is 6. The number of pyridine rings is 1. The predicted octanol–water partition coefficient (Wildman–Crippen LogP) is 4.35. The van der Waals surface area contributed by atoms with Gasteiger partial charge in [0.15, 0.2) is 5.82 Å². The van der Waals surface area contributed by atoms with Crippen molar-refractivity contribution in [3.8, 4) is 11.1 Å². The fourth-order valence-corrected chi connectivity index (χ4v) is 5.59. The van der Waals surface area contributed by atoms with E-state index in [4.69, 9.17) is 4.74 Å². The fraction of sp³-hybridized carbons (Fsp3) is 0.438. The molecule has 44 heavy (non-hydrogen) atoms. The van der Waals surface area contributed by atoms with Gasteiger partial charge in [0.25, 0.3) is 5.91 Å². The Kier molecular flexibility index (Phi) is 10.6. The molecule has 3 aromatic rings. The molecule has 1 saturated carbocycles. The van der Waals surface area contributed by atoms with Crippen molar-refractivity contribution in [3.63, 3.8) is 0 Å². The zero-order chi connectivity index (χ0) is 30.9. The average Bonchev–Trinajstić information content (AvgIpc) is 3.13. The maximum absolute atomic E-state index is 13.0. The highest BCUT2D eigenvalue weighted by Gasteiger charge is 2.41. The summed E-state index contributed by atoms with van der Waals surface area (Å²) in [7, 11) is 0. The predicted molar refractivity (Wildman–Crippen MR) is 163 cm³/mol. The number of ether oxygens (including phenoxy) is 1. The van der Waals surface area contributed by atoms with E-state index in [9.17, 15) is 14.0 Å². The SMILES string of the molecule is CCCOCc1ncc(-c2cccc(NC(=O)C3CC(N4CCN(C(=O)c5ccnc(CF)c5)C[C@@H]4C)C3)[nH]ncc2)cn1. The van der Waals surface area contributed by atoms with Crippen molar-refractivity contribution in [2.45, 2.75) is 58.5 Å². The van der Waals surface area contributed by atoms with Crippen LogP contribution in [0.15, 0.2) is 61.2 Å². The second-order valence-electron chi connectivity index (χ2n) is 11.2. The van der Waals surface area contributed by atoms with Crippen LogP contribution in [0.3, 0.4) is 0 Å². The van der Waals surface area contributed by atoms with Gasteiger partial charge in [-0.2, -0.15) is 5.10 Å². The van der Waals surface area contributed by atoms with Gasteiger partial charge in [0.1, 0.15) is 19.1 Å². The second-order valence-corrected chi connectivity index (χ2v) is 11.2. The monoisotopic (exact) mass is 602 g/mol. The number of amides is 2. The summed E-state index contributed by atoms with van der Waals surface area (Å²) in [6, 6.07) is 11.0. The van der Waals surface area contributed by atoms with E-state index in [1.54, 1.807) is 30.7 Å². The highest BCUT2D eigenvalue weighted by atomic mass is 19.1. The van der Waals surface area contributed by atoms with E-state index in [0.29, 0.717) is 43.5 Å². The Hall–Kier alpha value is -4.29. The first-order valence-corrected chi connectivity index (χ1v) is 15.1. The van der Waals surface area contributed by atoms with Gasteiger partial charge in [-0.1, -0.05) is 19.1 Å². The quantitative estimate of drug-likeness (QED) is 0.328. The summed E-state index contributed by atoms with van der Waals surface area (Å²) >= 11 is 0. The lowest BCUT2D eigenvalue weighted by molar-refractivity contribution is -0.125. The standard InChI is InChI=1S/C32H39FN8O3/c1-3-13-44-21-30-35-18-26(19-36-30)23-5-4-6-29(39-37-10-8-23)38-31(42)25-15-28(16-25)41-12-11-40(20-22(41)2)32(43)24-7-9-34-27(14-24)17-33/h4-10,14,18-19,22,25,28,39H,3,11-13,15-17,20-21H2,1-2H3,(H,38,42)/t22-,25?,28?/m0/s1. The molecule has 2 aliphatic rings. The van der Waals surface area contributed by atoms with Crippen LogP contribution in [0.25, 0.3) is 11.1 Å². The molecule has 0 spiro atoms. The van der Waals surface area contributed by atoms with Crippen LogP contribution in [-0.2, 0) is 22.8 Å². The number of aromatic nitrogens is 5. The van der Waals surface area contributed by atoms with Crippen LogP contribution in [-0.4, -0.2) is 85.1 Å². The molecule has 3 aromatic heterocycles. The molecule has 2 amide bonds. The number of anilines is 1. The number of carbonyl (C=O) groups is 2. The molecular formula is C32H39FN8O3. The maximum Gasteiger partial charge on any atom is 0.254 e. The molecule has 12 heteroatoms. The molecule has 5 rings (SSSR count). The first-order valence-electron chi connectivity index (χ1n) is 15.1. The minimum atomic E-state index is -0.696. The molecule has 4 heterocycles. The van der Waals surface area contributed by atoms with Crippen molar-refractivity contribution in [3.05, 3.63) is 78.3 Å². The number of alkyl halides is 1. The summed E-state index contributed by atoms with van der Waals surface area (Å²) in [5.74, 6) is 0.876. The van der Waals surface area contributed by atoms with E-state index in [0.717, 1.165) is 36.9 Å². The number of hydrogen-bond donors (Lipinski definition) is 2. The molecule has 1 aliphatic carbocycles. The lowest BCUT2D eigenvalue weighted by Gasteiger charge is -2.49. The molecule has 0 aromatic carbocycles. The van der Waals surface area contributed by atoms with Crippen LogP contribution in [0.4, 0.5) is 10.2 Å². The summed E-state index contributed by atoms with van der Waals surface area (Å²) in [4.78, 5) is 42.9. The van der Waals surface area contributed by atoms with E-state index in [2.05, 4.69) is 49.2 Å². The van der Waals surface area contributed by atoms with Crippen LogP contribution in [0, 0.1) is 5.92 Å². The molecular weight excluding hydrogens is 563 g/mol. The number of hydrogen-bond acceptors (Lipinski definition) is 8. The van der Waals surface area contributed by atoms with Gasteiger partial charge >= 0.3 is 0 Å². The minimum absolute atomic E-state index is 0.0480. The van der Waals surface area contributed by atoms with Crippen molar-refractivity contribution >= 4 is 17.6 Å². The third-order valence-electron chi connectivity index (χ3n) is 8.05. The molecule has 2 N–H and O–H groups in total. The third kappa shape index (κ3) is 7.80. The van der Waals surface area contributed by atoms with Gasteiger partial charge in [-0.05, 0) is 56.0 Å². The van der Waals surface area contributed by atoms with Crippen LogP contribution >= 0.6 is 0 Å². The molecule has 11 nitrogen and oxygen atoms in total. The molecule has 0 radical (unpaired) electrons. The first-order chi connectivity index (χ1) is 21.4. The number of halogens is 1. The number of nitrogens with one attached hydrogen (secondary N) is 2. The van der Waals surface area contributed by atoms with Crippen molar-refractivity contribution in [2.24, 2.45) is 5.92 Å². The topological polar surface area (TPSA) is 129 Å². The number of rotatable bonds is 10. The van der Waals surface area contributed by atoms with Crippen LogP contribution in [0.5, 0.6) is 0 Å². The molecule has 2 fully saturated rings. The highest BCUT2D eigenvalue weighted by Crippen LogP contribution is 2.35. The van der Waals surface area contributed by atoms with Crippen LogP contribution in [0.2, 0.25) is 0 Å². The van der Waals surface area contributed by atoms with Crippen molar-refractivity contribution < 1.29 is 18.7 Å². The zero-order valence-corrected chi connectivity index (χ0v) is 25.2. The minimum Gasteiger partial charge on any atom is -0.373 e. The molecule has 232 valence electrons. The Morgan fingerprint density at radius 2 is 1.89 bits per heavy atom. The van der Waals surface area contributed by atoms with Gasteiger partial charge in [-0.15, -0.1) is 0 Å². The largest absolute Gasteiger partial charge is 0.373 e. The third-order valence-corrected chi connectivity index (χ3v) is 8.05. The van der Waals surface area contributed by atoms with E-state index in [1.807, 2.05) is 23.1 Å². The van der Waals surface area contributed by atoms with Gasteiger partial charge in [-0.3, -0.25) is 24.6 Å². The number of aromatic amines is 1. The van der Waals surface area contributed by atoms with Crippen molar-refractivity contribution in [1.82, 2.24) is 34.9 Å². The average molecular weight is 603 g/mol. The molecule has 0 bridgehead atoms. The van der Waals surface area contributed by atoms with E-state index < -0.39 is 6.67 Å². The molecule has 1 aliphatic heterocycles.